The van der Waals surface area contributed by atoms with Crippen LogP contribution in [0.3, 0.4) is 0 Å². The van der Waals surface area contributed by atoms with Gasteiger partial charge in [0.2, 0.25) is 0 Å². The van der Waals surface area contributed by atoms with Crippen molar-refractivity contribution in [3.8, 4) is 0 Å². The fourth-order valence-corrected chi connectivity index (χ4v) is 3.32. The van der Waals surface area contributed by atoms with E-state index in [1.54, 1.807) is 17.0 Å². The Hall–Kier alpha value is -2.77. The number of carbonyl (C=O) groups excluding carboxylic acids is 2. The minimum Gasteiger partial charge on any atom is -0.379 e. The van der Waals surface area contributed by atoms with Gasteiger partial charge >= 0.3 is 0 Å². The van der Waals surface area contributed by atoms with Gasteiger partial charge in [-0.3, -0.25) is 19.5 Å². The van der Waals surface area contributed by atoms with Crippen LogP contribution in [0.1, 0.15) is 33.3 Å². The summed E-state index contributed by atoms with van der Waals surface area (Å²) in [5, 5.41) is 2.92. The summed E-state index contributed by atoms with van der Waals surface area (Å²) in [4.78, 5) is 33.6. The van der Waals surface area contributed by atoms with Gasteiger partial charge in [0.15, 0.2) is 0 Å². The molecule has 1 aliphatic rings. The fraction of sp³-hybridized carbons (Fsp3) is 0.409. The largest absolute Gasteiger partial charge is 0.379 e. The zero-order valence-electron chi connectivity index (χ0n) is 17.1. The summed E-state index contributed by atoms with van der Waals surface area (Å²) in [6.07, 6.45) is 1.51. The third-order valence-corrected chi connectivity index (χ3v) is 4.93. The Balaban J connectivity index is 1.64. The van der Waals surface area contributed by atoms with Gasteiger partial charge in [0, 0.05) is 50.2 Å². The lowest BCUT2D eigenvalue weighted by molar-refractivity contribution is 0.0383. The molecule has 0 saturated carbocycles. The van der Waals surface area contributed by atoms with E-state index < -0.39 is 0 Å². The first-order chi connectivity index (χ1) is 14.1. The molecule has 0 unspecified atom stereocenters. The van der Waals surface area contributed by atoms with E-state index in [4.69, 9.17) is 4.74 Å². The van der Waals surface area contributed by atoms with Crippen LogP contribution in [0.2, 0.25) is 0 Å². The lowest BCUT2D eigenvalue weighted by Gasteiger charge is -2.26. The second-order valence-electron chi connectivity index (χ2n) is 7.03. The van der Waals surface area contributed by atoms with Crippen LogP contribution in [0, 0.1) is 6.92 Å². The Morgan fingerprint density at radius 3 is 2.72 bits per heavy atom. The number of rotatable bonds is 7. The van der Waals surface area contributed by atoms with Crippen molar-refractivity contribution in [2.24, 2.45) is 0 Å². The number of carbonyl (C=O) groups is 2. The molecule has 7 nitrogen and oxygen atoms in total. The smallest absolute Gasteiger partial charge is 0.276 e. The minimum absolute atomic E-state index is 0.201. The molecule has 29 heavy (non-hydrogen) atoms. The predicted molar refractivity (Wildman–Crippen MR) is 112 cm³/mol. The molecule has 1 aromatic heterocycles. The van der Waals surface area contributed by atoms with Crippen LogP contribution in [0.5, 0.6) is 0 Å². The Morgan fingerprint density at radius 2 is 2.00 bits per heavy atom. The van der Waals surface area contributed by atoms with Crippen LogP contribution in [0.25, 0.3) is 0 Å². The number of ether oxygens (including phenoxy) is 1. The van der Waals surface area contributed by atoms with Crippen LogP contribution in [0.4, 0.5) is 5.69 Å². The molecule has 0 spiro atoms. The molecule has 2 heterocycles. The molecule has 3 rings (SSSR count). The highest BCUT2D eigenvalue weighted by Gasteiger charge is 2.19. The molecule has 1 N–H and O–H groups in total. The second kappa shape index (κ2) is 10.1. The zero-order valence-corrected chi connectivity index (χ0v) is 17.1. The van der Waals surface area contributed by atoms with Crippen molar-refractivity contribution in [3.63, 3.8) is 0 Å². The van der Waals surface area contributed by atoms with E-state index in [0.29, 0.717) is 18.7 Å². The number of amides is 2. The molecule has 1 fully saturated rings. The van der Waals surface area contributed by atoms with Gasteiger partial charge in [0.05, 0.1) is 13.2 Å². The molecule has 154 valence electrons. The average Bonchev–Trinajstić information content (AvgIpc) is 2.75. The van der Waals surface area contributed by atoms with Crippen molar-refractivity contribution < 1.29 is 14.3 Å². The highest BCUT2D eigenvalue weighted by molar-refractivity contribution is 6.06. The van der Waals surface area contributed by atoms with Crippen LogP contribution in [-0.2, 0) is 4.74 Å². The molecule has 2 aromatic rings. The molecule has 2 amide bonds. The molecule has 7 heteroatoms. The van der Waals surface area contributed by atoms with E-state index in [1.807, 2.05) is 38.1 Å². The van der Waals surface area contributed by atoms with Crippen LogP contribution < -0.4 is 10.2 Å². The fourth-order valence-electron chi connectivity index (χ4n) is 3.32. The van der Waals surface area contributed by atoms with Gasteiger partial charge in [0.25, 0.3) is 11.8 Å². The van der Waals surface area contributed by atoms with Crippen molar-refractivity contribution in [3.05, 3.63) is 59.4 Å². The summed E-state index contributed by atoms with van der Waals surface area (Å²) < 4.78 is 5.33. The molecule has 1 aliphatic heterocycles. The second-order valence-corrected chi connectivity index (χ2v) is 7.03. The van der Waals surface area contributed by atoms with Gasteiger partial charge in [-0.05, 0) is 43.7 Å². The number of hydrogen-bond acceptors (Lipinski definition) is 5. The lowest BCUT2D eigenvalue weighted by atomic mass is 10.1. The summed E-state index contributed by atoms with van der Waals surface area (Å²) in [6, 6.07) is 11.0. The normalized spacial score (nSPS) is 14.4. The standard InChI is InChI=1S/C22H28N4O3/c1-3-26(19-6-4-5-17(2)15-19)22(28)20-16-18(7-8-23-20)21(27)24-9-10-25-11-13-29-14-12-25/h4-8,15-16H,3,9-14H2,1-2H3,(H,24,27). The number of aryl methyl sites for hydroxylation is 1. The van der Waals surface area contributed by atoms with Gasteiger partial charge in [-0.15, -0.1) is 0 Å². The zero-order chi connectivity index (χ0) is 20.6. The Kier molecular flexibility index (Phi) is 7.32. The van der Waals surface area contributed by atoms with E-state index in [0.717, 1.165) is 44.1 Å². The van der Waals surface area contributed by atoms with Gasteiger partial charge in [-0.2, -0.15) is 0 Å². The average molecular weight is 396 g/mol. The van der Waals surface area contributed by atoms with Crippen molar-refractivity contribution >= 4 is 17.5 Å². The summed E-state index contributed by atoms with van der Waals surface area (Å²) >= 11 is 0. The Bertz CT molecular complexity index is 849. The topological polar surface area (TPSA) is 74.8 Å². The first-order valence-electron chi connectivity index (χ1n) is 10.0. The summed E-state index contributed by atoms with van der Waals surface area (Å²) in [5.41, 5.74) is 2.59. The SMILES string of the molecule is CCN(C(=O)c1cc(C(=O)NCCN2CCOCC2)ccn1)c1cccc(C)c1. The maximum Gasteiger partial charge on any atom is 0.276 e. The molecular weight excluding hydrogens is 368 g/mol. The van der Waals surface area contributed by atoms with Crippen LogP contribution >= 0.6 is 0 Å². The molecule has 0 bridgehead atoms. The lowest BCUT2D eigenvalue weighted by Crippen LogP contribution is -2.41. The van der Waals surface area contributed by atoms with Gasteiger partial charge < -0.3 is 15.0 Å². The van der Waals surface area contributed by atoms with E-state index in [9.17, 15) is 9.59 Å². The predicted octanol–water partition coefficient (Wildman–Crippen LogP) is 2.12. The molecule has 1 aromatic carbocycles. The number of aromatic nitrogens is 1. The molecular formula is C22H28N4O3. The maximum atomic E-state index is 13.0. The van der Waals surface area contributed by atoms with E-state index in [-0.39, 0.29) is 17.5 Å². The first kappa shape index (κ1) is 21.0. The molecule has 0 atom stereocenters. The Morgan fingerprint density at radius 1 is 1.21 bits per heavy atom. The van der Waals surface area contributed by atoms with E-state index >= 15 is 0 Å². The maximum absolute atomic E-state index is 13.0. The van der Waals surface area contributed by atoms with Gasteiger partial charge in [0.1, 0.15) is 5.69 Å². The summed E-state index contributed by atoms with van der Waals surface area (Å²) in [5.74, 6) is -0.422. The molecule has 0 aliphatic carbocycles. The van der Waals surface area contributed by atoms with Crippen LogP contribution in [-0.4, -0.2) is 67.6 Å². The quantitative estimate of drug-likeness (QED) is 0.776. The van der Waals surface area contributed by atoms with Crippen LogP contribution in [0.15, 0.2) is 42.6 Å². The Labute approximate surface area is 171 Å². The number of nitrogens with zero attached hydrogens (tertiary/aromatic N) is 3. The number of morpholine rings is 1. The van der Waals surface area contributed by atoms with Crippen molar-refractivity contribution in [2.45, 2.75) is 13.8 Å². The number of pyridine rings is 1. The minimum atomic E-state index is -0.221. The van der Waals surface area contributed by atoms with Gasteiger partial charge in [-0.1, -0.05) is 12.1 Å². The van der Waals surface area contributed by atoms with E-state index in [2.05, 4.69) is 15.2 Å². The van der Waals surface area contributed by atoms with E-state index in [1.165, 1.54) is 6.20 Å². The first-order valence-corrected chi connectivity index (χ1v) is 10.0. The molecule has 0 radical (unpaired) electrons. The summed E-state index contributed by atoms with van der Waals surface area (Å²) in [6.45, 7) is 8.99. The number of hydrogen-bond donors (Lipinski definition) is 1. The molecule has 1 saturated heterocycles. The van der Waals surface area contributed by atoms with Gasteiger partial charge in [-0.25, -0.2) is 0 Å². The van der Waals surface area contributed by atoms with Crippen molar-refractivity contribution in [1.82, 2.24) is 15.2 Å². The monoisotopic (exact) mass is 396 g/mol. The van der Waals surface area contributed by atoms with Crippen molar-refractivity contribution in [1.29, 1.82) is 0 Å². The number of benzene rings is 1. The summed E-state index contributed by atoms with van der Waals surface area (Å²) in [7, 11) is 0. The number of nitrogens with one attached hydrogen (secondary N) is 1. The highest BCUT2D eigenvalue weighted by atomic mass is 16.5. The third-order valence-electron chi connectivity index (χ3n) is 4.93. The van der Waals surface area contributed by atoms with Crippen molar-refractivity contribution in [2.75, 3.05) is 50.8 Å². The third kappa shape index (κ3) is 5.62. The highest BCUT2D eigenvalue weighted by Crippen LogP contribution is 2.18. The number of anilines is 1.